The second kappa shape index (κ2) is 43.9. The van der Waals surface area contributed by atoms with Crippen molar-refractivity contribution in [3.05, 3.63) is 0 Å². The highest BCUT2D eigenvalue weighted by atomic mass is 16.7. The molecule has 15 N–H and O–H groups in total. The van der Waals surface area contributed by atoms with E-state index in [4.69, 9.17) is 71.1 Å². The van der Waals surface area contributed by atoms with Crippen LogP contribution in [-0.2, 0) is 85.4 Å². The summed E-state index contributed by atoms with van der Waals surface area (Å²) >= 11 is 0. The molecule has 0 spiro atoms. The van der Waals surface area contributed by atoms with Crippen LogP contribution in [0.4, 0.5) is 0 Å². The minimum Gasteiger partial charge on any atom is -0.394 e. The van der Waals surface area contributed by atoms with Crippen molar-refractivity contribution < 1.29 is 147 Å². The van der Waals surface area contributed by atoms with E-state index >= 15 is 0 Å². The van der Waals surface area contributed by atoms with E-state index < -0.39 is 117 Å². The average Bonchev–Trinajstić information content (AvgIpc) is 3.66. The fourth-order valence-corrected chi connectivity index (χ4v) is 7.88. The Morgan fingerprint density at radius 2 is 0.578 bits per heavy atom. The predicted octanol–water partition coefficient (Wildman–Crippen LogP) is -8.89. The Balaban J connectivity index is 1.26. The normalized spacial score (nSPS) is 29.1. The lowest BCUT2D eigenvalue weighted by molar-refractivity contribution is -0.302. The predicted molar refractivity (Wildman–Crippen MR) is 278 cm³/mol. The summed E-state index contributed by atoms with van der Waals surface area (Å²) in [6, 6.07) is 0. The molecular formula is C50H93N3O30. The molecule has 3 aliphatic heterocycles. The highest BCUT2D eigenvalue weighted by Gasteiger charge is 2.46. The molecule has 9 unspecified atom stereocenters. The van der Waals surface area contributed by atoms with Gasteiger partial charge in [-0.05, 0) is 0 Å². The zero-order valence-electron chi connectivity index (χ0n) is 47.1. The van der Waals surface area contributed by atoms with Crippen LogP contribution < -0.4 is 16.0 Å². The maximum Gasteiger partial charge on any atom is 0.222 e. The summed E-state index contributed by atoms with van der Waals surface area (Å²) in [4.78, 5) is 37.5. The number of ether oxygens (including phenoxy) is 15. The molecule has 0 aromatic heterocycles. The molecule has 15 atom stereocenters. The first-order chi connectivity index (χ1) is 40.0. The topological polar surface area (TPSA) is 469 Å². The highest BCUT2D eigenvalue weighted by Crippen LogP contribution is 2.25. The van der Waals surface area contributed by atoms with E-state index in [0.29, 0.717) is 0 Å². The Hall–Kier alpha value is -2.67. The van der Waals surface area contributed by atoms with E-state index in [0.717, 1.165) is 0 Å². The largest absolute Gasteiger partial charge is 0.394 e. The maximum atomic E-state index is 12.5. The molecule has 0 bridgehead atoms. The number of aliphatic hydroxyl groups is 12. The van der Waals surface area contributed by atoms with Crippen molar-refractivity contribution in [2.75, 3.05) is 178 Å². The lowest BCUT2D eigenvalue weighted by Gasteiger charge is -2.39. The zero-order chi connectivity index (χ0) is 60.8. The van der Waals surface area contributed by atoms with Gasteiger partial charge in [-0.15, -0.1) is 0 Å². The molecule has 3 heterocycles. The Kier molecular flexibility index (Phi) is 39.4. The number of nitrogens with one attached hydrogen (secondary N) is 3. The van der Waals surface area contributed by atoms with E-state index in [1.165, 1.54) is 0 Å². The number of amides is 3. The molecule has 0 aromatic rings. The summed E-state index contributed by atoms with van der Waals surface area (Å²) in [6.45, 7) is 3.37. The summed E-state index contributed by atoms with van der Waals surface area (Å²) < 4.78 is 82.2. The van der Waals surface area contributed by atoms with E-state index in [2.05, 4.69) is 16.0 Å². The van der Waals surface area contributed by atoms with Gasteiger partial charge in [0.25, 0.3) is 0 Å². The number of hydrogen-bond acceptors (Lipinski definition) is 30. The summed E-state index contributed by atoms with van der Waals surface area (Å²) in [5.41, 5.74) is -0.755. The van der Waals surface area contributed by atoms with Gasteiger partial charge in [0.15, 0.2) is 18.9 Å². The Bertz CT molecular complexity index is 1500. The van der Waals surface area contributed by atoms with Gasteiger partial charge in [-0.1, -0.05) is 6.92 Å². The van der Waals surface area contributed by atoms with Gasteiger partial charge in [0.2, 0.25) is 17.7 Å². The van der Waals surface area contributed by atoms with Crippen molar-refractivity contribution in [3.8, 4) is 0 Å². The summed E-state index contributed by atoms with van der Waals surface area (Å²) in [7, 11) is 0. The number of carbonyl (C=O) groups is 3. The van der Waals surface area contributed by atoms with E-state index in [9.17, 15) is 75.7 Å². The molecule has 3 aliphatic rings. The fraction of sp³-hybridized carbons (Fsp3) is 0.940. The minimum absolute atomic E-state index is 0.0108. The third kappa shape index (κ3) is 29.7. The molecule has 3 amide bonds. The summed E-state index contributed by atoms with van der Waals surface area (Å²) in [6.07, 6.45) is -20.5. The SMILES string of the molecule is CC(COCCC(=O)NCCOCCOCCO[C@H]1OC(CO)[C@@H](O)C(O)C1O)(COCCC(=O)NCCOCCOCCO[C@H]1OC(CO)[C@@H](O)C(O)C1O)COCCC(=O)NCCOCCOCCO[C@H]1OC(CO)[C@H](O)C(O)C1O. The molecule has 33 nitrogen and oxygen atoms in total. The quantitative estimate of drug-likeness (QED) is 0.0252. The van der Waals surface area contributed by atoms with E-state index in [1.807, 2.05) is 6.92 Å². The first-order valence-corrected chi connectivity index (χ1v) is 27.7. The smallest absolute Gasteiger partial charge is 0.222 e. The molecule has 83 heavy (non-hydrogen) atoms. The lowest BCUT2D eigenvalue weighted by Crippen LogP contribution is -2.59. The number of hydrogen-bond donors (Lipinski definition) is 15. The van der Waals surface area contributed by atoms with Crippen LogP contribution in [0.25, 0.3) is 0 Å². The minimum atomic E-state index is -1.55. The Labute approximate surface area is 481 Å². The van der Waals surface area contributed by atoms with Crippen LogP contribution in [0.1, 0.15) is 26.2 Å². The van der Waals surface area contributed by atoms with Crippen molar-refractivity contribution in [1.82, 2.24) is 16.0 Å². The van der Waals surface area contributed by atoms with Crippen LogP contribution in [0.15, 0.2) is 0 Å². The lowest BCUT2D eigenvalue weighted by atomic mass is 9.94. The van der Waals surface area contributed by atoms with Crippen LogP contribution >= 0.6 is 0 Å². The van der Waals surface area contributed by atoms with Gasteiger partial charge in [0.1, 0.15) is 73.2 Å². The molecule has 0 radical (unpaired) electrons. The second-order valence-corrected chi connectivity index (χ2v) is 19.6. The third-order valence-corrected chi connectivity index (χ3v) is 12.7. The van der Waals surface area contributed by atoms with Crippen molar-refractivity contribution in [2.45, 2.75) is 118 Å². The van der Waals surface area contributed by atoms with Crippen LogP contribution in [0.3, 0.4) is 0 Å². The molecule has 3 rings (SSSR count). The molecule has 0 saturated carbocycles. The van der Waals surface area contributed by atoms with Crippen LogP contribution in [0.2, 0.25) is 0 Å². The molecule has 0 aromatic carbocycles. The Morgan fingerprint density at radius 1 is 0.337 bits per heavy atom. The van der Waals surface area contributed by atoms with Crippen LogP contribution in [-0.4, -0.2) is 349 Å². The van der Waals surface area contributed by atoms with Gasteiger partial charge in [-0.3, -0.25) is 14.4 Å². The molecule has 3 saturated heterocycles. The molecule has 488 valence electrons. The van der Waals surface area contributed by atoms with Gasteiger partial charge in [0, 0.05) is 44.3 Å². The number of rotatable bonds is 48. The first-order valence-electron chi connectivity index (χ1n) is 27.7. The van der Waals surface area contributed by atoms with Crippen molar-refractivity contribution in [3.63, 3.8) is 0 Å². The van der Waals surface area contributed by atoms with Crippen LogP contribution in [0.5, 0.6) is 0 Å². The number of aliphatic hydroxyl groups excluding tert-OH is 12. The van der Waals surface area contributed by atoms with Crippen LogP contribution in [0, 0.1) is 5.41 Å². The monoisotopic (exact) mass is 1220 g/mol. The van der Waals surface area contributed by atoms with Gasteiger partial charge in [-0.25, -0.2) is 0 Å². The zero-order valence-corrected chi connectivity index (χ0v) is 47.1. The number of carbonyl (C=O) groups excluding carboxylic acids is 3. The third-order valence-electron chi connectivity index (χ3n) is 12.7. The average molecular weight is 1220 g/mol. The first kappa shape index (κ1) is 74.6. The van der Waals surface area contributed by atoms with Crippen molar-refractivity contribution >= 4 is 17.7 Å². The van der Waals surface area contributed by atoms with Gasteiger partial charge in [-0.2, -0.15) is 0 Å². The molecular weight excluding hydrogens is 1120 g/mol. The van der Waals surface area contributed by atoms with Gasteiger partial charge < -0.3 is 148 Å². The maximum absolute atomic E-state index is 12.5. The van der Waals surface area contributed by atoms with Gasteiger partial charge in [0.05, 0.1) is 159 Å². The van der Waals surface area contributed by atoms with Crippen molar-refractivity contribution in [2.24, 2.45) is 5.41 Å². The summed E-state index contributed by atoms with van der Waals surface area (Å²) in [5.74, 6) is -0.847. The highest BCUT2D eigenvalue weighted by molar-refractivity contribution is 5.76. The Morgan fingerprint density at radius 3 is 0.831 bits per heavy atom. The van der Waals surface area contributed by atoms with Gasteiger partial charge >= 0.3 is 0 Å². The molecule has 3 fully saturated rings. The summed E-state index contributed by atoms with van der Waals surface area (Å²) in [5, 5.41) is 125. The molecule has 33 heteroatoms. The fourth-order valence-electron chi connectivity index (χ4n) is 7.88. The van der Waals surface area contributed by atoms with E-state index in [1.54, 1.807) is 0 Å². The second-order valence-electron chi connectivity index (χ2n) is 19.6. The molecule has 0 aliphatic carbocycles. The van der Waals surface area contributed by atoms with Crippen molar-refractivity contribution in [1.29, 1.82) is 0 Å². The standard InChI is InChI=1S/C50H93N3O30/c1-50(29-75-8-2-35(57)51-5-11-69-14-17-72-20-23-78-47-44(66)41(63)38(60)32(26-54)81-47,30-76-9-3-36(58)52-6-12-70-15-18-73-21-24-79-48-45(67)42(64)39(61)33(27-55)82-48)31-77-10-4-37(59)53-7-13-71-16-19-74-22-25-80-49-46(68)43(65)40(62)34(28-56)83-49/h32-34,38-49,54-56,60-68H,2-31H2,1H3,(H,51,57)(H,52,58)(H,53,59)/t32?,33?,34?,38-,39-,40+,41?,42?,43?,44?,45?,46?,47+,48+,49+,50?/m1/s1. The van der Waals surface area contributed by atoms with E-state index in [-0.39, 0.29) is 195 Å².